The predicted molar refractivity (Wildman–Crippen MR) is 160 cm³/mol. The Labute approximate surface area is 250 Å². The van der Waals surface area contributed by atoms with E-state index in [2.05, 4.69) is 15.3 Å². The summed E-state index contributed by atoms with van der Waals surface area (Å²) < 4.78 is 27.2. The lowest BCUT2D eigenvalue weighted by Gasteiger charge is -2.25. The molecule has 0 saturated carbocycles. The summed E-state index contributed by atoms with van der Waals surface area (Å²) >= 11 is 6.46. The first kappa shape index (κ1) is 28.1. The molecule has 43 heavy (non-hydrogen) atoms. The van der Waals surface area contributed by atoms with Gasteiger partial charge in [-0.3, -0.25) is 14.3 Å². The fourth-order valence-corrected chi connectivity index (χ4v) is 5.57. The van der Waals surface area contributed by atoms with Crippen LogP contribution in [0.25, 0.3) is 22.4 Å². The van der Waals surface area contributed by atoms with E-state index in [-0.39, 0.29) is 42.0 Å². The largest absolute Gasteiger partial charge is 0.495 e. The third-order valence-corrected chi connectivity index (χ3v) is 7.87. The van der Waals surface area contributed by atoms with Gasteiger partial charge in [-0.25, -0.2) is 14.4 Å². The zero-order valence-corrected chi connectivity index (χ0v) is 24.2. The molecule has 10 nitrogen and oxygen atoms in total. The molecule has 3 aromatic carbocycles. The number of fused-ring (bicyclic) bond motifs is 2. The number of nitrogens with two attached hydrogens (primary N) is 1. The van der Waals surface area contributed by atoms with E-state index in [1.54, 1.807) is 73.1 Å². The predicted octanol–water partition coefficient (Wildman–Crippen LogP) is 5.50. The molecule has 0 spiro atoms. The Morgan fingerprint density at radius 3 is 2.60 bits per heavy atom. The first-order chi connectivity index (χ1) is 20.6. The number of nitrogens with one attached hydrogen (secondary N) is 1. The highest BCUT2D eigenvalue weighted by molar-refractivity contribution is 6.33. The molecule has 1 atom stereocenters. The second-order valence-corrected chi connectivity index (χ2v) is 10.6. The molecule has 0 aliphatic carbocycles. The number of nitrogens with zero attached hydrogens (tertiary/aromatic N) is 4. The van der Waals surface area contributed by atoms with Gasteiger partial charge in [-0.2, -0.15) is 5.10 Å². The van der Waals surface area contributed by atoms with Gasteiger partial charge in [0.15, 0.2) is 5.82 Å². The van der Waals surface area contributed by atoms with Crippen LogP contribution in [-0.4, -0.2) is 38.7 Å². The SMILES string of the molecule is CCC(=O)Oc1ccccc1[C@@]1(C)C(=O)Nc2nc(-c3nn(Cc4ccccc4F)c4cc(Cl)c(OC)cc34)nc(N)c21. The lowest BCUT2D eigenvalue weighted by molar-refractivity contribution is -0.134. The fraction of sp³-hybridized carbons (Fsp3) is 0.194. The number of para-hydroxylation sites is 1. The van der Waals surface area contributed by atoms with Gasteiger partial charge in [-0.15, -0.1) is 0 Å². The van der Waals surface area contributed by atoms with Crippen molar-refractivity contribution in [1.82, 2.24) is 19.7 Å². The third kappa shape index (κ3) is 4.62. The number of halogens is 2. The van der Waals surface area contributed by atoms with Crippen LogP contribution in [0.4, 0.5) is 16.0 Å². The molecule has 0 bridgehead atoms. The average molecular weight is 601 g/mol. The number of aromatic nitrogens is 4. The number of nitrogen functional groups attached to an aromatic ring is 1. The Bertz CT molecular complexity index is 1940. The second-order valence-electron chi connectivity index (χ2n) is 10.2. The van der Waals surface area contributed by atoms with Crippen molar-refractivity contribution >= 4 is 46.0 Å². The summed E-state index contributed by atoms with van der Waals surface area (Å²) in [5, 5.41) is 8.49. The minimum Gasteiger partial charge on any atom is -0.495 e. The first-order valence-corrected chi connectivity index (χ1v) is 13.8. The fourth-order valence-electron chi connectivity index (χ4n) is 5.34. The molecule has 1 amide bonds. The number of benzene rings is 3. The van der Waals surface area contributed by atoms with E-state index < -0.39 is 17.3 Å². The Morgan fingerprint density at radius 1 is 1.12 bits per heavy atom. The second kappa shape index (κ2) is 10.7. The van der Waals surface area contributed by atoms with Gasteiger partial charge in [-0.05, 0) is 31.2 Å². The summed E-state index contributed by atoms with van der Waals surface area (Å²) in [5.74, 6) is -0.226. The maximum absolute atomic E-state index is 14.6. The van der Waals surface area contributed by atoms with Gasteiger partial charge in [0.2, 0.25) is 5.91 Å². The normalized spacial score (nSPS) is 15.8. The summed E-state index contributed by atoms with van der Waals surface area (Å²) in [6.45, 7) is 3.47. The van der Waals surface area contributed by atoms with Gasteiger partial charge < -0.3 is 20.5 Å². The van der Waals surface area contributed by atoms with Crippen LogP contribution in [-0.2, 0) is 21.5 Å². The molecule has 3 N–H and O–H groups in total. The highest BCUT2D eigenvalue weighted by Crippen LogP contribution is 2.48. The molecule has 1 aliphatic heterocycles. The third-order valence-electron chi connectivity index (χ3n) is 7.58. The van der Waals surface area contributed by atoms with Crippen molar-refractivity contribution in [2.45, 2.75) is 32.2 Å². The van der Waals surface area contributed by atoms with Crippen LogP contribution in [0.1, 0.15) is 37.0 Å². The van der Waals surface area contributed by atoms with E-state index in [1.807, 2.05) is 0 Å². The van der Waals surface area contributed by atoms with Crippen LogP contribution in [0.2, 0.25) is 5.02 Å². The molecule has 1 aliphatic rings. The van der Waals surface area contributed by atoms with Crippen molar-refractivity contribution in [3.8, 4) is 23.0 Å². The van der Waals surface area contributed by atoms with Gasteiger partial charge in [0, 0.05) is 22.9 Å². The minimum absolute atomic E-state index is 0.0372. The highest BCUT2D eigenvalue weighted by atomic mass is 35.5. The Morgan fingerprint density at radius 2 is 1.86 bits per heavy atom. The number of methoxy groups -OCH3 is 1. The number of rotatable bonds is 7. The number of hydrogen-bond acceptors (Lipinski definition) is 8. The zero-order chi connectivity index (χ0) is 30.5. The molecular weight excluding hydrogens is 575 g/mol. The standard InChI is InChI=1S/C31H26ClFN6O4/c1-4-24(40)43-22-12-8-6-10-18(22)31(2)25-27(34)35-29(36-28(25)37-30(31)41)26-17-13-23(42-3)19(32)14-21(17)39(38-26)15-16-9-5-7-11-20(16)33/h5-14H,4,15H2,1-3H3,(H3,34,35,36,37,41)/t31-/m1/s1. The van der Waals surface area contributed by atoms with Crippen molar-refractivity contribution in [2.24, 2.45) is 0 Å². The van der Waals surface area contributed by atoms with Crippen LogP contribution in [0.3, 0.4) is 0 Å². The van der Waals surface area contributed by atoms with Crippen LogP contribution in [0.15, 0.2) is 60.7 Å². The maximum atomic E-state index is 14.6. The van der Waals surface area contributed by atoms with E-state index in [0.717, 1.165) is 0 Å². The van der Waals surface area contributed by atoms with Crippen molar-refractivity contribution in [2.75, 3.05) is 18.2 Å². The number of carbonyl (C=O) groups excluding carboxylic acids is 2. The molecule has 218 valence electrons. The molecule has 6 rings (SSSR count). The monoisotopic (exact) mass is 600 g/mol. The van der Waals surface area contributed by atoms with Crippen LogP contribution in [0, 0.1) is 5.82 Å². The van der Waals surface area contributed by atoms with E-state index in [1.165, 1.54) is 13.2 Å². The van der Waals surface area contributed by atoms with Gasteiger partial charge in [0.25, 0.3) is 0 Å². The zero-order valence-electron chi connectivity index (χ0n) is 23.4. The molecule has 12 heteroatoms. The lowest BCUT2D eigenvalue weighted by atomic mass is 9.77. The molecule has 0 unspecified atom stereocenters. The van der Waals surface area contributed by atoms with Crippen molar-refractivity contribution < 1.29 is 23.5 Å². The number of amides is 1. The van der Waals surface area contributed by atoms with E-state index >= 15 is 0 Å². The molecule has 5 aromatic rings. The Hall–Kier alpha value is -5.03. The maximum Gasteiger partial charge on any atom is 0.310 e. The number of hydrogen-bond donors (Lipinski definition) is 2. The van der Waals surface area contributed by atoms with Crippen molar-refractivity contribution in [3.05, 3.63) is 88.2 Å². The van der Waals surface area contributed by atoms with Gasteiger partial charge in [-0.1, -0.05) is 54.9 Å². The summed E-state index contributed by atoms with van der Waals surface area (Å²) in [4.78, 5) is 35.0. The molecule has 3 heterocycles. The van der Waals surface area contributed by atoms with Gasteiger partial charge >= 0.3 is 5.97 Å². The summed E-state index contributed by atoms with van der Waals surface area (Å²) in [5.41, 5.74) is 7.33. The van der Waals surface area contributed by atoms with Gasteiger partial charge in [0.05, 0.1) is 29.8 Å². The summed E-state index contributed by atoms with van der Waals surface area (Å²) in [7, 11) is 1.49. The van der Waals surface area contributed by atoms with E-state index in [0.29, 0.717) is 44.1 Å². The van der Waals surface area contributed by atoms with E-state index in [9.17, 15) is 14.0 Å². The molecular formula is C31H26ClFN6O4. The van der Waals surface area contributed by atoms with Crippen molar-refractivity contribution in [1.29, 1.82) is 0 Å². The lowest BCUT2D eigenvalue weighted by Crippen LogP contribution is -2.33. The Kier molecular flexibility index (Phi) is 6.97. The summed E-state index contributed by atoms with van der Waals surface area (Å²) in [6.07, 6.45) is 0.163. The first-order valence-electron chi connectivity index (χ1n) is 13.4. The van der Waals surface area contributed by atoms with E-state index in [4.69, 9.17) is 31.9 Å². The number of ether oxygens (including phenoxy) is 2. The van der Waals surface area contributed by atoms with Crippen LogP contribution >= 0.6 is 11.6 Å². The van der Waals surface area contributed by atoms with Crippen molar-refractivity contribution in [3.63, 3.8) is 0 Å². The average Bonchev–Trinajstić information content (AvgIpc) is 3.47. The minimum atomic E-state index is -1.36. The van der Waals surface area contributed by atoms with Crippen LogP contribution in [0.5, 0.6) is 11.5 Å². The number of carbonyl (C=O) groups is 2. The topological polar surface area (TPSA) is 134 Å². The van der Waals surface area contributed by atoms with Gasteiger partial charge in [0.1, 0.15) is 40.1 Å². The molecule has 0 saturated heterocycles. The molecule has 0 radical (unpaired) electrons. The van der Waals surface area contributed by atoms with Crippen LogP contribution < -0.4 is 20.5 Å². The quantitative estimate of drug-likeness (QED) is 0.185. The Balaban J connectivity index is 1.51. The smallest absolute Gasteiger partial charge is 0.310 e. The molecule has 2 aromatic heterocycles. The number of anilines is 2. The summed E-state index contributed by atoms with van der Waals surface area (Å²) in [6, 6.07) is 16.6. The number of esters is 1. The highest BCUT2D eigenvalue weighted by Gasteiger charge is 2.49. The molecule has 0 fully saturated rings.